The molecule has 0 bridgehead atoms. The van der Waals surface area contributed by atoms with E-state index in [1.165, 1.54) is 5.56 Å². The van der Waals surface area contributed by atoms with Gasteiger partial charge in [-0.1, -0.05) is 13.0 Å². The number of hydrogen-bond acceptors (Lipinski definition) is 3. The van der Waals surface area contributed by atoms with Gasteiger partial charge in [-0.15, -0.1) is 0 Å². The Morgan fingerprint density at radius 2 is 1.88 bits per heavy atom. The van der Waals surface area contributed by atoms with Crippen molar-refractivity contribution in [1.29, 1.82) is 0 Å². The third-order valence-electron chi connectivity index (χ3n) is 2.43. The quantitative estimate of drug-likeness (QED) is 0.776. The van der Waals surface area contributed by atoms with Crippen molar-refractivity contribution < 1.29 is 4.39 Å². The minimum absolute atomic E-state index is 0.439. The van der Waals surface area contributed by atoms with Crippen LogP contribution in [0.4, 0.5) is 4.39 Å². The largest absolute Gasteiger partial charge is 0.250 e. The van der Waals surface area contributed by atoms with E-state index < -0.39 is 5.82 Å². The van der Waals surface area contributed by atoms with Gasteiger partial charge in [0, 0.05) is 5.69 Å². The van der Waals surface area contributed by atoms with E-state index in [2.05, 4.69) is 21.9 Å². The molecule has 3 nitrogen and oxygen atoms in total. The zero-order valence-corrected chi connectivity index (χ0v) is 9.24. The lowest BCUT2D eigenvalue weighted by Gasteiger charge is -2.04. The summed E-state index contributed by atoms with van der Waals surface area (Å²) in [5, 5.41) is 0. The molecule has 0 spiro atoms. The lowest BCUT2D eigenvalue weighted by Crippen LogP contribution is -1.96. The van der Waals surface area contributed by atoms with Gasteiger partial charge in [0.2, 0.25) is 0 Å². The summed E-state index contributed by atoms with van der Waals surface area (Å²) in [6, 6.07) is 3.86. The minimum atomic E-state index is -0.439. The highest BCUT2D eigenvalue weighted by atomic mass is 19.1. The number of pyridine rings is 1. The van der Waals surface area contributed by atoms with E-state index in [-0.39, 0.29) is 0 Å². The van der Waals surface area contributed by atoms with Crippen molar-refractivity contribution in [1.82, 2.24) is 15.0 Å². The summed E-state index contributed by atoms with van der Waals surface area (Å²) in [4.78, 5) is 12.2. The fourth-order valence-corrected chi connectivity index (χ4v) is 1.53. The summed E-state index contributed by atoms with van der Waals surface area (Å²) < 4.78 is 12.7. The van der Waals surface area contributed by atoms with Crippen LogP contribution in [-0.2, 0) is 6.42 Å². The Balaban J connectivity index is 2.41. The van der Waals surface area contributed by atoms with E-state index in [0.717, 1.165) is 24.5 Å². The van der Waals surface area contributed by atoms with Gasteiger partial charge in [-0.3, -0.25) is 0 Å². The van der Waals surface area contributed by atoms with E-state index >= 15 is 0 Å². The maximum atomic E-state index is 12.7. The van der Waals surface area contributed by atoms with Crippen LogP contribution in [0.1, 0.15) is 18.2 Å². The molecule has 2 aromatic rings. The first-order chi connectivity index (χ1) is 7.70. The molecule has 4 heteroatoms. The van der Waals surface area contributed by atoms with Crippen LogP contribution >= 0.6 is 0 Å². The smallest absolute Gasteiger partial charge is 0.178 e. The molecule has 0 aliphatic rings. The fourth-order valence-electron chi connectivity index (χ4n) is 1.53. The standard InChI is InChI=1S/C12H12FN3/c1-3-9-4-5-11(16-8(9)2)12-14-6-10(13)7-15-12/h4-7H,3H2,1-2H3. The second-order valence-electron chi connectivity index (χ2n) is 3.52. The molecule has 0 radical (unpaired) electrons. The molecule has 0 saturated heterocycles. The van der Waals surface area contributed by atoms with Gasteiger partial charge in [0.15, 0.2) is 11.6 Å². The second-order valence-corrected chi connectivity index (χ2v) is 3.52. The summed E-state index contributed by atoms with van der Waals surface area (Å²) >= 11 is 0. The van der Waals surface area contributed by atoms with Crippen molar-refractivity contribution in [3.63, 3.8) is 0 Å². The van der Waals surface area contributed by atoms with Crippen LogP contribution in [0, 0.1) is 12.7 Å². The molecule has 0 N–H and O–H groups in total. The summed E-state index contributed by atoms with van der Waals surface area (Å²) in [7, 11) is 0. The van der Waals surface area contributed by atoms with Crippen molar-refractivity contribution in [3.05, 3.63) is 41.6 Å². The lowest BCUT2D eigenvalue weighted by atomic mass is 10.1. The predicted molar refractivity (Wildman–Crippen MR) is 59.3 cm³/mol. The summed E-state index contributed by atoms with van der Waals surface area (Å²) in [5.41, 5.74) is 2.84. The van der Waals surface area contributed by atoms with Gasteiger partial charge in [-0.05, 0) is 25.0 Å². The van der Waals surface area contributed by atoms with Crippen molar-refractivity contribution in [2.75, 3.05) is 0 Å². The molecule has 0 fully saturated rings. The van der Waals surface area contributed by atoms with Gasteiger partial charge >= 0.3 is 0 Å². The van der Waals surface area contributed by atoms with Crippen LogP contribution < -0.4 is 0 Å². The molecule has 16 heavy (non-hydrogen) atoms. The Morgan fingerprint density at radius 3 is 2.44 bits per heavy atom. The first kappa shape index (κ1) is 10.7. The van der Waals surface area contributed by atoms with Gasteiger partial charge in [0.25, 0.3) is 0 Å². The average Bonchev–Trinajstić information content (AvgIpc) is 2.30. The summed E-state index contributed by atoms with van der Waals surface area (Å²) in [5.74, 6) is 0.0119. The van der Waals surface area contributed by atoms with Gasteiger partial charge in [-0.25, -0.2) is 19.3 Å². The molecular formula is C12H12FN3. The summed E-state index contributed by atoms with van der Waals surface area (Å²) in [6.07, 6.45) is 3.24. The number of halogens is 1. The number of hydrogen-bond donors (Lipinski definition) is 0. The zero-order chi connectivity index (χ0) is 11.5. The average molecular weight is 217 g/mol. The molecule has 0 atom stereocenters. The van der Waals surface area contributed by atoms with Crippen LogP contribution in [-0.4, -0.2) is 15.0 Å². The molecule has 0 saturated carbocycles. The third-order valence-corrected chi connectivity index (χ3v) is 2.43. The van der Waals surface area contributed by atoms with Crippen LogP contribution in [0.25, 0.3) is 11.5 Å². The number of nitrogens with zero attached hydrogens (tertiary/aromatic N) is 3. The topological polar surface area (TPSA) is 38.7 Å². The maximum absolute atomic E-state index is 12.7. The van der Waals surface area contributed by atoms with Crippen LogP contribution in [0.15, 0.2) is 24.5 Å². The van der Waals surface area contributed by atoms with Crippen molar-refractivity contribution in [3.8, 4) is 11.5 Å². The van der Waals surface area contributed by atoms with Crippen LogP contribution in [0.2, 0.25) is 0 Å². The van der Waals surface area contributed by atoms with Crippen molar-refractivity contribution in [2.24, 2.45) is 0 Å². The monoisotopic (exact) mass is 217 g/mol. The first-order valence-electron chi connectivity index (χ1n) is 5.15. The minimum Gasteiger partial charge on any atom is -0.250 e. The molecule has 0 unspecified atom stereocenters. The number of aryl methyl sites for hydroxylation is 2. The van der Waals surface area contributed by atoms with E-state index in [9.17, 15) is 4.39 Å². The summed E-state index contributed by atoms with van der Waals surface area (Å²) in [6.45, 7) is 4.03. The molecule has 0 aliphatic heterocycles. The Kier molecular flexibility index (Phi) is 2.90. The van der Waals surface area contributed by atoms with E-state index in [4.69, 9.17) is 0 Å². The Hall–Kier alpha value is -1.84. The Bertz CT molecular complexity index is 494. The molecule has 0 aliphatic carbocycles. The molecule has 0 aromatic carbocycles. The molecule has 2 heterocycles. The normalized spacial score (nSPS) is 10.4. The maximum Gasteiger partial charge on any atom is 0.178 e. The third kappa shape index (κ3) is 2.05. The molecule has 2 aromatic heterocycles. The van der Waals surface area contributed by atoms with E-state index in [1.807, 2.05) is 19.1 Å². The lowest BCUT2D eigenvalue weighted by molar-refractivity contribution is 0.614. The van der Waals surface area contributed by atoms with Gasteiger partial charge in [0.05, 0.1) is 12.4 Å². The van der Waals surface area contributed by atoms with Crippen LogP contribution in [0.5, 0.6) is 0 Å². The zero-order valence-electron chi connectivity index (χ0n) is 9.24. The van der Waals surface area contributed by atoms with E-state index in [1.54, 1.807) is 0 Å². The van der Waals surface area contributed by atoms with Gasteiger partial charge < -0.3 is 0 Å². The fraction of sp³-hybridized carbons (Fsp3) is 0.250. The highest BCUT2D eigenvalue weighted by molar-refractivity contribution is 5.49. The van der Waals surface area contributed by atoms with Crippen LogP contribution in [0.3, 0.4) is 0 Å². The SMILES string of the molecule is CCc1ccc(-c2ncc(F)cn2)nc1C. The first-order valence-corrected chi connectivity index (χ1v) is 5.15. The molecule has 82 valence electrons. The van der Waals surface area contributed by atoms with Gasteiger partial charge in [0.1, 0.15) is 5.69 Å². The molecular weight excluding hydrogens is 205 g/mol. The molecule has 2 rings (SSSR count). The predicted octanol–water partition coefficient (Wildman–Crippen LogP) is 2.55. The van der Waals surface area contributed by atoms with Gasteiger partial charge in [-0.2, -0.15) is 0 Å². The Morgan fingerprint density at radius 1 is 1.19 bits per heavy atom. The number of rotatable bonds is 2. The Labute approximate surface area is 93.4 Å². The van der Waals surface area contributed by atoms with Crippen molar-refractivity contribution >= 4 is 0 Å². The van der Waals surface area contributed by atoms with E-state index in [0.29, 0.717) is 11.5 Å². The molecule has 0 amide bonds. The number of aromatic nitrogens is 3. The second kappa shape index (κ2) is 4.35. The highest BCUT2D eigenvalue weighted by Gasteiger charge is 2.05. The highest BCUT2D eigenvalue weighted by Crippen LogP contribution is 2.15. The van der Waals surface area contributed by atoms with Crippen molar-refractivity contribution in [2.45, 2.75) is 20.3 Å².